The predicted octanol–water partition coefficient (Wildman–Crippen LogP) is 3.12. The summed E-state index contributed by atoms with van der Waals surface area (Å²) in [5.41, 5.74) is 1.61. The summed E-state index contributed by atoms with van der Waals surface area (Å²) in [5, 5.41) is 15.1. The standard InChI is InChI=1S/C18H16F2N2O3/c1-2-12-4-3-5-14(10-12)22-18(24)21-11-16(23)13-6-8-15(9-7-13)25-17(19)20/h1,3-10,16-17,23H,11H2,(H2,21,22,24). The summed E-state index contributed by atoms with van der Waals surface area (Å²) >= 11 is 0. The summed E-state index contributed by atoms with van der Waals surface area (Å²) in [7, 11) is 0. The van der Waals surface area contributed by atoms with E-state index in [0.717, 1.165) is 0 Å². The zero-order chi connectivity index (χ0) is 18.2. The molecule has 0 radical (unpaired) electrons. The van der Waals surface area contributed by atoms with Crippen LogP contribution in [0.25, 0.3) is 0 Å². The molecule has 5 nitrogen and oxygen atoms in total. The number of ether oxygens (including phenoxy) is 1. The average Bonchev–Trinajstić information content (AvgIpc) is 2.60. The van der Waals surface area contributed by atoms with Crippen LogP contribution < -0.4 is 15.4 Å². The molecule has 0 spiro atoms. The fourth-order valence-electron chi connectivity index (χ4n) is 2.04. The maximum atomic E-state index is 12.1. The van der Waals surface area contributed by atoms with Crippen LogP contribution in [0.5, 0.6) is 5.75 Å². The molecule has 2 aromatic carbocycles. The molecular weight excluding hydrogens is 330 g/mol. The Morgan fingerprint density at radius 3 is 2.60 bits per heavy atom. The van der Waals surface area contributed by atoms with Gasteiger partial charge in [-0.05, 0) is 35.9 Å². The van der Waals surface area contributed by atoms with E-state index in [1.807, 2.05) is 0 Å². The van der Waals surface area contributed by atoms with E-state index in [1.54, 1.807) is 24.3 Å². The number of benzene rings is 2. The minimum atomic E-state index is -2.91. The fourth-order valence-corrected chi connectivity index (χ4v) is 2.04. The molecule has 25 heavy (non-hydrogen) atoms. The largest absolute Gasteiger partial charge is 0.435 e. The van der Waals surface area contributed by atoms with E-state index in [9.17, 15) is 18.7 Å². The van der Waals surface area contributed by atoms with E-state index in [0.29, 0.717) is 16.8 Å². The summed E-state index contributed by atoms with van der Waals surface area (Å²) in [6, 6.07) is 11.8. The molecule has 0 saturated carbocycles. The average molecular weight is 346 g/mol. The number of nitrogens with one attached hydrogen (secondary N) is 2. The molecule has 0 aromatic heterocycles. The van der Waals surface area contributed by atoms with Crippen molar-refractivity contribution in [2.75, 3.05) is 11.9 Å². The molecule has 0 aliphatic rings. The number of amides is 2. The highest BCUT2D eigenvalue weighted by atomic mass is 19.3. The van der Waals surface area contributed by atoms with Crippen LogP contribution in [0.1, 0.15) is 17.2 Å². The number of halogens is 2. The Morgan fingerprint density at radius 2 is 1.96 bits per heavy atom. The van der Waals surface area contributed by atoms with Crippen LogP contribution in [-0.4, -0.2) is 24.3 Å². The van der Waals surface area contributed by atoms with Crippen LogP contribution in [0, 0.1) is 12.3 Å². The SMILES string of the molecule is C#Cc1cccc(NC(=O)NCC(O)c2ccc(OC(F)F)cc2)c1. The van der Waals surface area contributed by atoms with Gasteiger partial charge in [0.2, 0.25) is 0 Å². The molecule has 2 rings (SSSR count). The smallest absolute Gasteiger partial charge is 0.387 e. The van der Waals surface area contributed by atoms with Crippen molar-refractivity contribution in [1.29, 1.82) is 0 Å². The molecule has 0 bridgehead atoms. The lowest BCUT2D eigenvalue weighted by atomic mass is 10.1. The number of rotatable bonds is 6. The second-order valence-electron chi connectivity index (χ2n) is 5.02. The van der Waals surface area contributed by atoms with Gasteiger partial charge >= 0.3 is 12.6 Å². The van der Waals surface area contributed by atoms with Crippen molar-refractivity contribution in [3.8, 4) is 18.1 Å². The van der Waals surface area contributed by atoms with Crippen molar-refractivity contribution in [1.82, 2.24) is 5.32 Å². The number of hydrogen-bond donors (Lipinski definition) is 3. The molecular formula is C18H16F2N2O3. The van der Waals surface area contributed by atoms with E-state index >= 15 is 0 Å². The first-order chi connectivity index (χ1) is 12.0. The number of hydrogen-bond acceptors (Lipinski definition) is 3. The Hall–Kier alpha value is -3.11. The molecule has 2 aromatic rings. The fraction of sp³-hybridized carbons (Fsp3) is 0.167. The van der Waals surface area contributed by atoms with Gasteiger partial charge in [0.1, 0.15) is 5.75 Å². The first-order valence-electron chi connectivity index (χ1n) is 7.32. The lowest BCUT2D eigenvalue weighted by Crippen LogP contribution is -2.32. The molecule has 0 aliphatic carbocycles. The minimum Gasteiger partial charge on any atom is -0.435 e. The summed E-state index contributed by atoms with van der Waals surface area (Å²) in [6.45, 7) is -2.97. The third kappa shape index (κ3) is 5.79. The number of carbonyl (C=O) groups is 1. The molecule has 1 unspecified atom stereocenters. The number of alkyl halides is 2. The highest BCUT2D eigenvalue weighted by Crippen LogP contribution is 2.19. The Labute approximate surface area is 143 Å². The number of urea groups is 1. The number of anilines is 1. The van der Waals surface area contributed by atoms with Crippen LogP contribution >= 0.6 is 0 Å². The van der Waals surface area contributed by atoms with Crippen LogP contribution in [0.2, 0.25) is 0 Å². The summed E-state index contributed by atoms with van der Waals surface area (Å²) < 4.78 is 28.4. The van der Waals surface area contributed by atoms with Crippen molar-refractivity contribution in [3.05, 3.63) is 59.7 Å². The molecule has 0 aliphatic heterocycles. The topological polar surface area (TPSA) is 70.6 Å². The Balaban J connectivity index is 1.85. The van der Waals surface area contributed by atoms with E-state index in [4.69, 9.17) is 6.42 Å². The van der Waals surface area contributed by atoms with Gasteiger partial charge in [0.25, 0.3) is 0 Å². The molecule has 2 amide bonds. The minimum absolute atomic E-state index is 0.00922. The number of aliphatic hydroxyl groups is 1. The summed E-state index contributed by atoms with van der Waals surface area (Å²) in [6.07, 6.45) is 4.29. The lowest BCUT2D eigenvalue weighted by Gasteiger charge is -2.14. The van der Waals surface area contributed by atoms with Crippen LogP contribution in [0.4, 0.5) is 19.3 Å². The maximum absolute atomic E-state index is 12.1. The van der Waals surface area contributed by atoms with E-state index < -0.39 is 18.7 Å². The third-order valence-corrected chi connectivity index (χ3v) is 3.23. The zero-order valence-electron chi connectivity index (χ0n) is 13.1. The van der Waals surface area contributed by atoms with Crippen LogP contribution in [-0.2, 0) is 0 Å². The first kappa shape index (κ1) is 18.2. The van der Waals surface area contributed by atoms with Crippen molar-refractivity contribution < 1.29 is 23.4 Å². The zero-order valence-corrected chi connectivity index (χ0v) is 13.1. The first-order valence-corrected chi connectivity index (χ1v) is 7.32. The second kappa shape index (κ2) is 8.66. The number of terminal acetylenes is 1. The van der Waals surface area contributed by atoms with Gasteiger partial charge in [-0.25, -0.2) is 4.79 Å². The van der Waals surface area contributed by atoms with Gasteiger partial charge in [0.15, 0.2) is 0 Å². The molecule has 0 heterocycles. The molecule has 3 N–H and O–H groups in total. The van der Waals surface area contributed by atoms with E-state index in [1.165, 1.54) is 24.3 Å². The Bertz CT molecular complexity index is 758. The quantitative estimate of drug-likeness (QED) is 0.704. The third-order valence-electron chi connectivity index (χ3n) is 3.23. The number of aliphatic hydroxyl groups excluding tert-OH is 1. The van der Waals surface area contributed by atoms with Crippen LogP contribution in [0.15, 0.2) is 48.5 Å². The van der Waals surface area contributed by atoms with Gasteiger partial charge in [-0.3, -0.25) is 0 Å². The maximum Gasteiger partial charge on any atom is 0.387 e. The van der Waals surface area contributed by atoms with E-state index in [-0.39, 0.29) is 12.3 Å². The number of carbonyl (C=O) groups excluding carboxylic acids is 1. The highest BCUT2D eigenvalue weighted by Gasteiger charge is 2.11. The molecule has 130 valence electrons. The normalized spacial score (nSPS) is 11.5. The van der Waals surface area contributed by atoms with Crippen molar-refractivity contribution in [2.45, 2.75) is 12.7 Å². The Kier molecular flexibility index (Phi) is 6.32. The molecule has 0 fully saturated rings. The molecule has 7 heteroatoms. The van der Waals surface area contributed by atoms with Gasteiger partial charge in [0.05, 0.1) is 6.10 Å². The molecule has 1 atom stereocenters. The van der Waals surface area contributed by atoms with Gasteiger partial charge in [-0.1, -0.05) is 24.1 Å². The second-order valence-corrected chi connectivity index (χ2v) is 5.02. The van der Waals surface area contributed by atoms with Crippen molar-refractivity contribution in [3.63, 3.8) is 0 Å². The molecule has 0 saturated heterocycles. The van der Waals surface area contributed by atoms with Gasteiger partial charge in [0, 0.05) is 17.8 Å². The van der Waals surface area contributed by atoms with Gasteiger partial charge in [-0.15, -0.1) is 6.42 Å². The van der Waals surface area contributed by atoms with Crippen molar-refractivity contribution >= 4 is 11.7 Å². The highest BCUT2D eigenvalue weighted by molar-refractivity contribution is 5.89. The van der Waals surface area contributed by atoms with Gasteiger partial charge < -0.3 is 20.5 Å². The van der Waals surface area contributed by atoms with Gasteiger partial charge in [-0.2, -0.15) is 8.78 Å². The predicted molar refractivity (Wildman–Crippen MR) is 89.4 cm³/mol. The monoisotopic (exact) mass is 346 g/mol. The lowest BCUT2D eigenvalue weighted by molar-refractivity contribution is -0.0498. The summed E-state index contributed by atoms with van der Waals surface area (Å²) in [4.78, 5) is 11.8. The van der Waals surface area contributed by atoms with E-state index in [2.05, 4.69) is 21.3 Å². The Morgan fingerprint density at radius 1 is 1.24 bits per heavy atom. The van der Waals surface area contributed by atoms with Crippen LogP contribution in [0.3, 0.4) is 0 Å². The summed E-state index contributed by atoms with van der Waals surface area (Å²) in [5.74, 6) is 2.45. The van der Waals surface area contributed by atoms with Crippen molar-refractivity contribution in [2.24, 2.45) is 0 Å².